The van der Waals surface area contributed by atoms with E-state index in [0.29, 0.717) is 18.4 Å². The van der Waals surface area contributed by atoms with Crippen molar-refractivity contribution in [3.8, 4) is 11.8 Å². The van der Waals surface area contributed by atoms with E-state index >= 15 is 0 Å². The van der Waals surface area contributed by atoms with Gasteiger partial charge in [-0.1, -0.05) is 24.4 Å². The predicted octanol–water partition coefficient (Wildman–Crippen LogP) is 3.91. The van der Waals surface area contributed by atoms with Gasteiger partial charge in [0, 0.05) is 23.4 Å². The van der Waals surface area contributed by atoms with Crippen LogP contribution >= 0.6 is 11.6 Å². The van der Waals surface area contributed by atoms with Crippen LogP contribution in [0.4, 0.5) is 4.39 Å². The van der Waals surface area contributed by atoms with Gasteiger partial charge in [-0.15, -0.1) is 0 Å². The fourth-order valence-electron chi connectivity index (χ4n) is 6.77. The molecule has 2 saturated heterocycles. The van der Waals surface area contributed by atoms with Gasteiger partial charge in [-0.25, -0.2) is 4.39 Å². The molecule has 3 N–H and O–H groups in total. The minimum Gasteiger partial charge on any atom is -0.494 e. The third-order valence-corrected chi connectivity index (χ3v) is 8.74. The third-order valence-electron chi connectivity index (χ3n) is 8.46. The predicted molar refractivity (Wildman–Crippen MR) is 143 cm³/mol. The van der Waals surface area contributed by atoms with Crippen LogP contribution in [-0.4, -0.2) is 58.9 Å². The molecule has 3 aliphatic rings. The van der Waals surface area contributed by atoms with Gasteiger partial charge in [0.05, 0.1) is 23.7 Å². The largest absolute Gasteiger partial charge is 0.494 e. The Morgan fingerprint density at radius 1 is 1.33 bits per heavy atom. The molecular formula is C28H33ClFN5O4. The van der Waals surface area contributed by atoms with Crippen molar-refractivity contribution in [1.82, 2.24) is 20.5 Å². The molecule has 2 aliphatic heterocycles. The van der Waals surface area contributed by atoms with E-state index in [1.807, 2.05) is 13.8 Å². The molecule has 208 valence electrons. The molecule has 2 unspecified atom stereocenters. The van der Waals surface area contributed by atoms with Crippen LogP contribution in [0.15, 0.2) is 12.1 Å². The van der Waals surface area contributed by atoms with E-state index in [0.717, 1.165) is 31.7 Å². The SMILES string of the molecule is COc1c(Cl)cc(F)c2[nH]c(C(=O)N3CC4CCCCC4[C@H]3C(=O)N[C@H](C#N)C[C@@H]3CC(C)(C)NC3=O)cc12. The standard InChI is InChI=1S/C28H33ClFN5O4/c1-28(2)11-15(25(36)34-28)8-16(12-31)32-26(37)23-17-7-5-4-6-14(17)13-35(23)27(38)21-9-18-22(33-21)20(30)10-19(29)24(18)39-3/h9-10,14-17,23,33H,4-8,11,13H2,1-3H3,(H,32,37)(H,34,36)/t14?,15-,16+,17?,23+/m1/s1. The van der Waals surface area contributed by atoms with Crippen LogP contribution < -0.4 is 15.4 Å². The molecule has 2 aromatic rings. The number of hydrogen-bond donors (Lipinski definition) is 3. The molecule has 0 radical (unpaired) electrons. The minimum atomic E-state index is -0.865. The number of hydrogen-bond acceptors (Lipinski definition) is 5. The zero-order chi connectivity index (χ0) is 28.1. The van der Waals surface area contributed by atoms with Crippen molar-refractivity contribution in [3.05, 3.63) is 28.7 Å². The molecule has 3 heterocycles. The summed E-state index contributed by atoms with van der Waals surface area (Å²) in [5.41, 5.74) is -0.135. The lowest BCUT2D eigenvalue weighted by Crippen LogP contribution is -2.51. The molecule has 1 aromatic carbocycles. The summed E-state index contributed by atoms with van der Waals surface area (Å²) >= 11 is 6.14. The fourth-order valence-corrected chi connectivity index (χ4v) is 7.04. The van der Waals surface area contributed by atoms with Crippen molar-refractivity contribution >= 4 is 40.2 Å². The molecule has 39 heavy (non-hydrogen) atoms. The van der Waals surface area contributed by atoms with E-state index in [1.165, 1.54) is 13.2 Å². The Bertz CT molecular complexity index is 1370. The van der Waals surface area contributed by atoms with Crippen LogP contribution in [0.1, 0.15) is 62.9 Å². The Morgan fingerprint density at radius 2 is 2.08 bits per heavy atom. The average Bonchev–Trinajstić information content (AvgIpc) is 3.56. The number of halogens is 2. The molecule has 3 amide bonds. The molecule has 5 atom stereocenters. The monoisotopic (exact) mass is 557 g/mol. The summed E-state index contributed by atoms with van der Waals surface area (Å²) in [5, 5.41) is 16.0. The number of H-pyrrole nitrogens is 1. The highest BCUT2D eigenvalue weighted by atomic mass is 35.5. The number of fused-ring (bicyclic) bond motifs is 2. The first-order valence-electron chi connectivity index (χ1n) is 13.4. The summed E-state index contributed by atoms with van der Waals surface area (Å²) in [6, 6.07) is 3.12. The number of amides is 3. The number of nitrogens with zero attached hydrogens (tertiary/aromatic N) is 2. The molecule has 1 aromatic heterocycles. The fraction of sp³-hybridized carbons (Fsp3) is 0.571. The van der Waals surface area contributed by atoms with Gasteiger partial charge in [-0.05, 0) is 63.5 Å². The van der Waals surface area contributed by atoms with E-state index in [4.69, 9.17) is 16.3 Å². The number of nitriles is 1. The lowest BCUT2D eigenvalue weighted by Gasteiger charge is -2.30. The Hall–Kier alpha value is -3.32. The van der Waals surface area contributed by atoms with Gasteiger partial charge in [0.1, 0.15) is 29.3 Å². The number of aromatic nitrogens is 1. The van der Waals surface area contributed by atoms with E-state index in [9.17, 15) is 24.0 Å². The number of aromatic amines is 1. The zero-order valence-electron chi connectivity index (χ0n) is 22.3. The van der Waals surface area contributed by atoms with Crippen LogP contribution in [0.3, 0.4) is 0 Å². The summed E-state index contributed by atoms with van der Waals surface area (Å²) in [4.78, 5) is 44.3. The third kappa shape index (κ3) is 5.05. The van der Waals surface area contributed by atoms with Crippen molar-refractivity contribution in [2.24, 2.45) is 17.8 Å². The Kier molecular flexibility index (Phi) is 7.23. The van der Waals surface area contributed by atoms with Crippen LogP contribution in [0.25, 0.3) is 10.9 Å². The maximum atomic E-state index is 14.7. The number of carbonyl (C=O) groups is 3. The van der Waals surface area contributed by atoms with Gasteiger partial charge in [-0.2, -0.15) is 5.26 Å². The van der Waals surface area contributed by atoms with Crippen molar-refractivity contribution in [3.63, 3.8) is 0 Å². The Morgan fingerprint density at radius 3 is 2.74 bits per heavy atom. The molecule has 0 spiro atoms. The molecule has 1 saturated carbocycles. The second kappa shape index (κ2) is 10.3. The lowest BCUT2D eigenvalue weighted by atomic mass is 9.78. The number of methoxy groups -OCH3 is 1. The number of ether oxygens (including phenoxy) is 1. The summed E-state index contributed by atoms with van der Waals surface area (Å²) in [6.45, 7) is 4.25. The highest BCUT2D eigenvalue weighted by molar-refractivity contribution is 6.33. The smallest absolute Gasteiger partial charge is 0.271 e. The molecular weight excluding hydrogens is 525 g/mol. The van der Waals surface area contributed by atoms with E-state index in [2.05, 4.69) is 21.7 Å². The molecule has 0 bridgehead atoms. The Balaban J connectivity index is 1.40. The maximum Gasteiger partial charge on any atom is 0.271 e. The summed E-state index contributed by atoms with van der Waals surface area (Å²) in [5.74, 6) is -1.57. The topological polar surface area (TPSA) is 127 Å². The van der Waals surface area contributed by atoms with Crippen molar-refractivity contribution in [2.45, 2.75) is 70.0 Å². The quantitative estimate of drug-likeness (QED) is 0.496. The number of rotatable bonds is 6. The Labute approximate surface area is 231 Å². The number of nitrogens with one attached hydrogen (secondary N) is 3. The van der Waals surface area contributed by atoms with Crippen molar-refractivity contribution in [1.29, 1.82) is 5.26 Å². The van der Waals surface area contributed by atoms with Crippen molar-refractivity contribution < 1.29 is 23.5 Å². The second-order valence-corrected chi connectivity index (χ2v) is 12.1. The van der Waals surface area contributed by atoms with E-state index in [-0.39, 0.29) is 57.6 Å². The summed E-state index contributed by atoms with van der Waals surface area (Å²) < 4.78 is 20.0. The van der Waals surface area contributed by atoms with Gasteiger partial charge in [0.2, 0.25) is 11.8 Å². The van der Waals surface area contributed by atoms with Crippen LogP contribution in [0.2, 0.25) is 5.02 Å². The van der Waals surface area contributed by atoms with Gasteiger partial charge < -0.3 is 25.3 Å². The average molecular weight is 558 g/mol. The maximum absolute atomic E-state index is 14.7. The van der Waals surface area contributed by atoms with Gasteiger partial charge >= 0.3 is 0 Å². The first kappa shape index (κ1) is 27.3. The van der Waals surface area contributed by atoms with E-state index < -0.39 is 29.7 Å². The van der Waals surface area contributed by atoms with Crippen LogP contribution in [0, 0.1) is 34.9 Å². The zero-order valence-corrected chi connectivity index (χ0v) is 23.0. The molecule has 11 heteroatoms. The first-order chi connectivity index (χ1) is 18.5. The second-order valence-electron chi connectivity index (χ2n) is 11.7. The summed E-state index contributed by atoms with van der Waals surface area (Å²) in [6.07, 6.45) is 4.46. The normalized spacial score (nSPS) is 26.6. The van der Waals surface area contributed by atoms with Crippen LogP contribution in [0.5, 0.6) is 5.75 Å². The van der Waals surface area contributed by atoms with Gasteiger partial charge in [-0.3, -0.25) is 14.4 Å². The lowest BCUT2D eigenvalue weighted by molar-refractivity contribution is -0.127. The first-order valence-corrected chi connectivity index (χ1v) is 13.8. The molecule has 1 aliphatic carbocycles. The number of carbonyl (C=O) groups excluding carboxylic acids is 3. The van der Waals surface area contributed by atoms with Crippen molar-refractivity contribution in [2.75, 3.05) is 13.7 Å². The molecule has 9 nitrogen and oxygen atoms in total. The highest BCUT2D eigenvalue weighted by Crippen LogP contribution is 2.42. The summed E-state index contributed by atoms with van der Waals surface area (Å²) in [7, 11) is 1.42. The number of benzene rings is 1. The van der Waals surface area contributed by atoms with E-state index in [1.54, 1.807) is 4.90 Å². The minimum absolute atomic E-state index is 0.0409. The molecule has 3 fully saturated rings. The number of likely N-dealkylation sites (tertiary alicyclic amines) is 1. The molecule has 5 rings (SSSR count). The highest BCUT2D eigenvalue weighted by Gasteiger charge is 2.49. The van der Waals surface area contributed by atoms with Gasteiger partial charge in [0.15, 0.2) is 0 Å². The van der Waals surface area contributed by atoms with Crippen LogP contribution in [-0.2, 0) is 9.59 Å². The van der Waals surface area contributed by atoms with Gasteiger partial charge in [0.25, 0.3) is 5.91 Å².